The van der Waals surface area contributed by atoms with Gasteiger partial charge in [-0.1, -0.05) is 38.1 Å². The molecule has 0 aromatic rings. The van der Waals surface area contributed by atoms with Crippen LogP contribution in [0, 0.1) is 13.8 Å². The molecule has 0 radical (unpaired) electrons. The van der Waals surface area contributed by atoms with Crippen molar-refractivity contribution < 1.29 is 22.5 Å². The van der Waals surface area contributed by atoms with E-state index in [4.69, 9.17) is 0 Å². The Hall–Kier alpha value is -1.86. The lowest BCUT2D eigenvalue weighted by Crippen LogP contribution is -2.47. The summed E-state index contributed by atoms with van der Waals surface area (Å²) in [6.45, 7) is 14.2. The second kappa shape index (κ2) is 9.33. The number of aryl methyl sites for hydroxylation is 2. The van der Waals surface area contributed by atoms with E-state index in [1.54, 1.807) is 26.8 Å². The SMILES string of the molecule is CCOC(=O)C(F)(F)C(NS(=O)C(C)(C)C)c1cc(C)c2cc(C(C)C)ccc(C)c1-2. The lowest BCUT2D eigenvalue weighted by atomic mass is 9.95. The van der Waals surface area contributed by atoms with Gasteiger partial charge in [0.1, 0.15) is 6.04 Å². The van der Waals surface area contributed by atoms with Crippen molar-refractivity contribution in [3.63, 3.8) is 0 Å². The van der Waals surface area contributed by atoms with Crippen LogP contribution in [0.4, 0.5) is 8.78 Å². The molecule has 0 bridgehead atoms. The number of hydrogen-bond acceptors (Lipinski definition) is 3. The van der Waals surface area contributed by atoms with Crippen molar-refractivity contribution in [1.82, 2.24) is 4.72 Å². The first-order chi connectivity index (χ1) is 14.2. The zero-order valence-electron chi connectivity index (χ0n) is 19.6. The van der Waals surface area contributed by atoms with Crippen LogP contribution >= 0.6 is 0 Å². The van der Waals surface area contributed by atoms with Gasteiger partial charge in [-0.3, -0.25) is 0 Å². The Morgan fingerprint density at radius 3 is 2.26 bits per heavy atom. The molecule has 31 heavy (non-hydrogen) atoms. The molecule has 0 fully saturated rings. The highest BCUT2D eigenvalue weighted by Crippen LogP contribution is 2.44. The lowest BCUT2D eigenvalue weighted by Gasteiger charge is -2.29. The van der Waals surface area contributed by atoms with Gasteiger partial charge in [-0.15, -0.1) is 0 Å². The molecule has 0 aromatic carbocycles. The van der Waals surface area contributed by atoms with Crippen LogP contribution in [-0.2, 0) is 20.5 Å². The molecule has 0 saturated carbocycles. The van der Waals surface area contributed by atoms with Gasteiger partial charge in [0, 0.05) is 0 Å². The maximum atomic E-state index is 15.4. The van der Waals surface area contributed by atoms with E-state index in [0.29, 0.717) is 5.56 Å². The van der Waals surface area contributed by atoms with E-state index in [1.165, 1.54) is 6.92 Å². The number of carbonyl (C=O) groups is 1. The van der Waals surface area contributed by atoms with E-state index in [1.807, 2.05) is 32.0 Å². The molecule has 4 nitrogen and oxygen atoms in total. The molecule has 1 N–H and O–H groups in total. The summed E-state index contributed by atoms with van der Waals surface area (Å²) in [6.07, 6.45) is 0. The average molecular weight is 454 g/mol. The van der Waals surface area contributed by atoms with Gasteiger partial charge in [-0.05, 0) is 80.8 Å². The van der Waals surface area contributed by atoms with E-state index in [0.717, 1.165) is 22.3 Å². The number of alkyl halides is 2. The van der Waals surface area contributed by atoms with E-state index < -0.39 is 33.7 Å². The predicted molar refractivity (Wildman–Crippen MR) is 122 cm³/mol. The fraction of sp³-hybridized carbons (Fsp3) is 0.542. The number of ether oxygens (including phenoxy) is 1. The second-order valence-corrected chi connectivity index (χ2v) is 11.2. The molecule has 0 aromatic heterocycles. The summed E-state index contributed by atoms with van der Waals surface area (Å²) in [4.78, 5) is 12.2. The third kappa shape index (κ3) is 5.32. The Kier molecular flexibility index (Phi) is 7.64. The van der Waals surface area contributed by atoms with Crippen molar-refractivity contribution in [1.29, 1.82) is 0 Å². The number of fused-ring (bicyclic) bond motifs is 1. The number of nitrogens with one attached hydrogen (secondary N) is 1. The Balaban J connectivity index is 2.75. The molecule has 0 saturated heterocycles. The van der Waals surface area contributed by atoms with Gasteiger partial charge in [0.2, 0.25) is 0 Å². The maximum absolute atomic E-state index is 15.4. The van der Waals surface area contributed by atoms with Crippen LogP contribution in [0.1, 0.15) is 75.8 Å². The number of rotatable bonds is 7. The van der Waals surface area contributed by atoms with Crippen molar-refractivity contribution in [3.8, 4) is 11.1 Å². The van der Waals surface area contributed by atoms with Gasteiger partial charge < -0.3 is 4.74 Å². The number of halogens is 2. The first-order valence-corrected chi connectivity index (χ1v) is 11.6. The van der Waals surface area contributed by atoms with Crippen molar-refractivity contribution in [2.45, 2.75) is 78.0 Å². The van der Waals surface area contributed by atoms with E-state index in [-0.39, 0.29) is 18.1 Å². The van der Waals surface area contributed by atoms with Gasteiger partial charge in [-0.25, -0.2) is 13.7 Å². The predicted octanol–water partition coefficient (Wildman–Crippen LogP) is 5.82. The number of carbonyl (C=O) groups excluding carboxylic acids is 1. The van der Waals surface area contributed by atoms with Crippen LogP contribution < -0.4 is 4.72 Å². The normalized spacial score (nSPS) is 14.7. The molecule has 0 aliphatic heterocycles. The zero-order chi connectivity index (χ0) is 23.7. The van der Waals surface area contributed by atoms with Crippen LogP contribution in [0.15, 0.2) is 24.3 Å². The summed E-state index contributed by atoms with van der Waals surface area (Å²) in [5.41, 5.74) is 4.42. The summed E-state index contributed by atoms with van der Waals surface area (Å²) < 4.78 is 50.0. The van der Waals surface area contributed by atoms with Gasteiger partial charge in [-0.2, -0.15) is 8.78 Å². The molecule has 2 atom stereocenters. The Morgan fingerprint density at radius 2 is 1.74 bits per heavy atom. The molecule has 0 heterocycles. The molecule has 2 aliphatic rings. The first-order valence-electron chi connectivity index (χ1n) is 10.5. The van der Waals surface area contributed by atoms with Gasteiger partial charge in [0.25, 0.3) is 0 Å². The molecule has 0 amide bonds. The summed E-state index contributed by atoms with van der Waals surface area (Å²) in [5.74, 6) is -5.28. The van der Waals surface area contributed by atoms with Crippen molar-refractivity contribution >= 4 is 17.0 Å². The average Bonchev–Trinajstić information content (AvgIpc) is 2.85. The zero-order valence-corrected chi connectivity index (χ0v) is 20.4. The molecule has 2 unspecified atom stereocenters. The monoisotopic (exact) mass is 453 g/mol. The largest absolute Gasteiger partial charge is 0.462 e. The van der Waals surface area contributed by atoms with Gasteiger partial charge in [0.15, 0.2) is 0 Å². The van der Waals surface area contributed by atoms with Crippen molar-refractivity contribution in [3.05, 3.63) is 46.5 Å². The Morgan fingerprint density at radius 1 is 1.13 bits per heavy atom. The van der Waals surface area contributed by atoms with Crippen LogP contribution in [0.5, 0.6) is 0 Å². The lowest BCUT2D eigenvalue weighted by molar-refractivity contribution is -0.175. The second-order valence-electron chi connectivity index (χ2n) is 9.16. The molecule has 2 aliphatic carbocycles. The number of esters is 1. The molecule has 2 rings (SSSR count). The Labute approximate surface area is 186 Å². The van der Waals surface area contributed by atoms with E-state index in [2.05, 4.69) is 23.3 Å². The highest BCUT2D eigenvalue weighted by molar-refractivity contribution is 7.84. The minimum absolute atomic E-state index is 0.171. The molecule has 0 spiro atoms. The molecule has 7 heteroatoms. The first kappa shape index (κ1) is 25.4. The van der Waals surface area contributed by atoms with Crippen LogP contribution in [0.25, 0.3) is 11.1 Å². The van der Waals surface area contributed by atoms with Crippen LogP contribution in [0.3, 0.4) is 0 Å². The minimum Gasteiger partial charge on any atom is -0.462 e. The molecular weight excluding hydrogens is 420 g/mol. The summed E-state index contributed by atoms with van der Waals surface area (Å²) in [6, 6.07) is 5.76. The Bertz CT molecular complexity index is 951. The highest BCUT2D eigenvalue weighted by Gasteiger charge is 2.52. The van der Waals surface area contributed by atoms with Crippen LogP contribution in [0.2, 0.25) is 0 Å². The smallest absolute Gasteiger partial charge is 0.379 e. The highest BCUT2D eigenvalue weighted by atomic mass is 32.2. The minimum atomic E-state index is -3.91. The third-order valence-corrected chi connectivity index (χ3v) is 6.82. The topological polar surface area (TPSA) is 55.4 Å². The summed E-state index contributed by atoms with van der Waals surface area (Å²) in [7, 11) is -1.84. The third-order valence-electron chi connectivity index (χ3n) is 5.25. The van der Waals surface area contributed by atoms with Gasteiger partial charge in [0.05, 0.1) is 22.3 Å². The standard InChI is InChI=1S/C24H33F2NO3S/c1-9-30-22(28)24(25,26)21(27-31(29)23(6,7)8)19-12-16(5)18-13-17(14(2)3)11-10-15(4)20(18)19/h10-14,21,27H,9H2,1-8H3. The van der Waals surface area contributed by atoms with Crippen LogP contribution in [-0.4, -0.2) is 27.5 Å². The molecular formula is C24H33F2NO3S. The summed E-state index contributed by atoms with van der Waals surface area (Å²) >= 11 is 0. The molecule has 172 valence electrons. The van der Waals surface area contributed by atoms with E-state index >= 15 is 8.78 Å². The summed E-state index contributed by atoms with van der Waals surface area (Å²) in [5, 5.41) is 0. The number of hydrogen-bond donors (Lipinski definition) is 1. The fourth-order valence-corrected chi connectivity index (χ4v) is 4.27. The van der Waals surface area contributed by atoms with Crippen molar-refractivity contribution in [2.75, 3.05) is 6.61 Å². The maximum Gasteiger partial charge on any atom is 0.379 e. The quantitative estimate of drug-likeness (QED) is 0.537. The fourth-order valence-electron chi connectivity index (χ4n) is 3.43. The van der Waals surface area contributed by atoms with E-state index in [9.17, 15) is 9.00 Å². The van der Waals surface area contributed by atoms with Crippen molar-refractivity contribution in [2.24, 2.45) is 0 Å². The van der Waals surface area contributed by atoms with Gasteiger partial charge >= 0.3 is 11.9 Å².